The third-order valence-electron chi connectivity index (χ3n) is 3.89. The molecule has 0 aromatic carbocycles. The van der Waals surface area contributed by atoms with Crippen molar-refractivity contribution in [3.05, 3.63) is 5.69 Å². The van der Waals surface area contributed by atoms with E-state index in [-0.39, 0.29) is 11.8 Å². The first-order valence-corrected chi connectivity index (χ1v) is 7.57. The number of hydrogen-bond donors (Lipinski definition) is 2. The zero-order valence-electron chi connectivity index (χ0n) is 12.6. The highest BCUT2D eigenvalue weighted by atomic mass is 16.2. The summed E-state index contributed by atoms with van der Waals surface area (Å²) >= 11 is 0. The van der Waals surface area contributed by atoms with Crippen molar-refractivity contribution in [2.75, 3.05) is 12.3 Å². The molecule has 21 heavy (non-hydrogen) atoms. The molecule has 2 heterocycles. The molecule has 1 aliphatic rings. The monoisotopic (exact) mass is 290 g/mol. The molecule has 3 rings (SSSR count). The van der Waals surface area contributed by atoms with Gasteiger partial charge in [0.2, 0.25) is 11.9 Å². The van der Waals surface area contributed by atoms with Crippen molar-refractivity contribution >= 4 is 23.0 Å². The molecule has 0 bridgehead atoms. The van der Waals surface area contributed by atoms with E-state index in [9.17, 15) is 4.79 Å². The Morgan fingerprint density at radius 3 is 2.90 bits per heavy atom. The first-order valence-electron chi connectivity index (χ1n) is 7.57. The van der Waals surface area contributed by atoms with Crippen LogP contribution in [-0.2, 0) is 24.8 Å². The normalized spacial score (nSPS) is 14.8. The average molecular weight is 290 g/mol. The Morgan fingerprint density at radius 2 is 2.24 bits per heavy atom. The first-order chi connectivity index (χ1) is 10.1. The van der Waals surface area contributed by atoms with Crippen LogP contribution in [0.4, 0.5) is 5.95 Å². The number of nitrogens with one attached hydrogen (secondary N) is 1. The molecule has 0 aliphatic heterocycles. The summed E-state index contributed by atoms with van der Waals surface area (Å²) in [6.07, 6.45) is 3.96. The van der Waals surface area contributed by atoms with Gasteiger partial charge in [-0.15, -0.1) is 0 Å². The van der Waals surface area contributed by atoms with Crippen LogP contribution in [0.5, 0.6) is 0 Å². The van der Waals surface area contributed by atoms with Gasteiger partial charge in [-0.25, -0.2) is 4.98 Å². The molecule has 114 valence electrons. The number of hydrogen-bond acceptors (Lipinski definition) is 4. The third-order valence-corrected chi connectivity index (χ3v) is 3.89. The predicted octanol–water partition coefficient (Wildman–Crippen LogP) is 0.831. The van der Waals surface area contributed by atoms with Crippen LogP contribution in [0.25, 0.3) is 11.2 Å². The van der Waals surface area contributed by atoms with Crippen molar-refractivity contribution in [2.24, 2.45) is 13.0 Å². The van der Waals surface area contributed by atoms with Crippen LogP contribution in [0.2, 0.25) is 0 Å². The summed E-state index contributed by atoms with van der Waals surface area (Å²) in [6.45, 7) is 3.31. The minimum Gasteiger partial charge on any atom is -0.369 e. The van der Waals surface area contributed by atoms with Gasteiger partial charge in [0.15, 0.2) is 5.65 Å². The summed E-state index contributed by atoms with van der Waals surface area (Å²) in [5.74, 6) is 0.871. The SMILES string of the molecule is CCCc1nn(C)c2c1nc(N)n2CCNC(=O)C1CC1. The second-order valence-corrected chi connectivity index (χ2v) is 5.68. The smallest absolute Gasteiger partial charge is 0.223 e. The fraction of sp³-hybridized carbons (Fsp3) is 0.643. The molecule has 1 amide bonds. The molecule has 2 aromatic heterocycles. The molecule has 1 fully saturated rings. The van der Waals surface area contributed by atoms with Crippen LogP contribution in [0.3, 0.4) is 0 Å². The van der Waals surface area contributed by atoms with Gasteiger partial charge in [0.1, 0.15) is 5.52 Å². The van der Waals surface area contributed by atoms with Crippen molar-refractivity contribution in [1.82, 2.24) is 24.6 Å². The number of amides is 1. The van der Waals surface area contributed by atoms with E-state index in [1.165, 1.54) is 0 Å². The summed E-state index contributed by atoms with van der Waals surface area (Å²) in [5.41, 5.74) is 8.81. The molecule has 7 nitrogen and oxygen atoms in total. The number of fused-ring (bicyclic) bond motifs is 1. The van der Waals surface area contributed by atoms with Gasteiger partial charge in [-0.05, 0) is 19.3 Å². The minimum atomic E-state index is 0.154. The molecule has 0 saturated heterocycles. The number of nitrogens with two attached hydrogens (primary N) is 1. The van der Waals surface area contributed by atoms with Crippen molar-refractivity contribution < 1.29 is 4.79 Å². The number of aryl methyl sites for hydroxylation is 2. The largest absolute Gasteiger partial charge is 0.369 e. The maximum atomic E-state index is 11.7. The number of rotatable bonds is 6. The number of nitrogens with zero attached hydrogens (tertiary/aromatic N) is 4. The Kier molecular flexibility index (Phi) is 3.57. The fourth-order valence-electron chi connectivity index (χ4n) is 2.66. The summed E-state index contributed by atoms with van der Waals surface area (Å²) in [4.78, 5) is 16.1. The Morgan fingerprint density at radius 1 is 1.48 bits per heavy atom. The molecular weight excluding hydrogens is 268 g/mol. The van der Waals surface area contributed by atoms with E-state index in [4.69, 9.17) is 5.73 Å². The van der Waals surface area contributed by atoms with Crippen molar-refractivity contribution in [3.63, 3.8) is 0 Å². The lowest BCUT2D eigenvalue weighted by atomic mass is 10.2. The second kappa shape index (κ2) is 5.38. The maximum absolute atomic E-state index is 11.7. The molecule has 1 aliphatic carbocycles. The van der Waals surface area contributed by atoms with E-state index >= 15 is 0 Å². The van der Waals surface area contributed by atoms with Gasteiger partial charge in [0.25, 0.3) is 0 Å². The molecule has 7 heteroatoms. The van der Waals surface area contributed by atoms with E-state index < -0.39 is 0 Å². The fourth-order valence-corrected chi connectivity index (χ4v) is 2.66. The molecule has 3 N–H and O–H groups in total. The Balaban J connectivity index is 1.77. The van der Waals surface area contributed by atoms with Crippen LogP contribution in [0.1, 0.15) is 31.9 Å². The van der Waals surface area contributed by atoms with Crippen LogP contribution in [0.15, 0.2) is 0 Å². The highest BCUT2D eigenvalue weighted by Crippen LogP contribution is 2.28. The molecule has 1 saturated carbocycles. The second-order valence-electron chi connectivity index (χ2n) is 5.68. The first kappa shape index (κ1) is 13.9. The predicted molar refractivity (Wildman–Crippen MR) is 80.6 cm³/mol. The van der Waals surface area contributed by atoms with E-state index in [1.54, 1.807) is 0 Å². The van der Waals surface area contributed by atoms with E-state index in [0.717, 1.165) is 42.5 Å². The van der Waals surface area contributed by atoms with Crippen molar-refractivity contribution in [2.45, 2.75) is 39.2 Å². The zero-order chi connectivity index (χ0) is 15.0. The Labute approximate surface area is 123 Å². The number of anilines is 1. The third kappa shape index (κ3) is 2.59. The standard InChI is InChI=1S/C14H22N6O/c1-3-4-10-11-13(19(2)18-10)20(14(15)17-11)8-7-16-12(21)9-5-6-9/h9H,3-8H2,1-2H3,(H2,15,17)(H,16,21). The van der Waals surface area contributed by atoms with E-state index in [2.05, 4.69) is 22.3 Å². The van der Waals surface area contributed by atoms with Crippen LogP contribution >= 0.6 is 0 Å². The van der Waals surface area contributed by atoms with Gasteiger partial charge in [-0.2, -0.15) is 5.10 Å². The van der Waals surface area contributed by atoms with Crippen molar-refractivity contribution in [3.8, 4) is 0 Å². The zero-order valence-corrected chi connectivity index (χ0v) is 12.6. The lowest BCUT2D eigenvalue weighted by Gasteiger charge is -2.08. The quantitative estimate of drug-likeness (QED) is 0.824. The number of imidazole rings is 1. The lowest BCUT2D eigenvalue weighted by Crippen LogP contribution is -2.28. The van der Waals surface area contributed by atoms with Gasteiger partial charge in [0, 0.05) is 26.1 Å². The summed E-state index contributed by atoms with van der Waals surface area (Å²) in [7, 11) is 1.90. The average Bonchev–Trinajstić information content (AvgIpc) is 3.18. The molecular formula is C14H22N6O. The maximum Gasteiger partial charge on any atom is 0.223 e. The Bertz CT molecular complexity index is 667. The summed E-state index contributed by atoms with van der Waals surface area (Å²) in [5, 5.41) is 7.47. The van der Waals surface area contributed by atoms with Crippen LogP contribution < -0.4 is 11.1 Å². The highest BCUT2D eigenvalue weighted by Gasteiger charge is 2.29. The molecule has 2 aromatic rings. The number of aromatic nitrogens is 4. The van der Waals surface area contributed by atoms with Crippen molar-refractivity contribution in [1.29, 1.82) is 0 Å². The van der Waals surface area contributed by atoms with Crippen LogP contribution in [-0.4, -0.2) is 31.8 Å². The summed E-state index contributed by atoms with van der Waals surface area (Å²) < 4.78 is 3.75. The van der Waals surface area contributed by atoms with Gasteiger partial charge >= 0.3 is 0 Å². The topological polar surface area (TPSA) is 90.8 Å². The molecule has 0 unspecified atom stereocenters. The van der Waals surface area contributed by atoms with E-state index in [1.807, 2.05) is 16.3 Å². The number of carbonyl (C=O) groups is 1. The number of carbonyl (C=O) groups excluding carboxylic acids is 1. The Hall–Kier alpha value is -2.05. The van der Waals surface area contributed by atoms with Gasteiger partial charge in [0.05, 0.1) is 5.69 Å². The highest BCUT2D eigenvalue weighted by molar-refractivity contribution is 5.81. The van der Waals surface area contributed by atoms with Crippen LogP contribution in [0, 0.1) is 5.92 Å². The minimum absolute atomic E-state index is 0.154. The number of nitrogen functional groups attached to an aromatic ring is 1. The molecule has 0 spiro atoms. The van der Waals surface area contributed by atoms with Gasteiger partial charge in [-0.1, -0.05) is 13.3 Å². The van der Waals surface area contributed by atoms with E-state index in [0.29, 0.717) is 19.0 Å². The molecule has 0 radical (unpaired) electrons. The summed E-state index contributed by atoms with van der Waals surface area (Å²) in [6, 6.07) is 0. The molecule has 0 atom stereocenters. The lowest BCUT2D eigenvalue weighted by molar-refractivity contribution is -0.122. The van der Waals surface area contributed by atoms with Gasteiger partial charge < -0.3 is 11.1 Å². The van der Waals surface area contributed by atoms with Gasteiger partial charge in [-0.3, -0.25) is 14.0 Å².